The summed E-state index contributed by atoms with van der Waals surface area (Å²) in [7, 11) is 0. The van der Waals surface area contributed by atoms with Gasteiger partial charge in [0.25, 0.3) is 0 Å². The van der Waals surface area contributed by atoms with E-state index in [-0.39, 0.29) is 6.42 Å². The minimum atomic E-state index is -0.745. The summed E-state index contributed by atoms with van der Waals surface area (Å²) in [6.07, 6.45) is 3.50. The normalized spacial score (nSPS) is 6.33. The Hall–Kier alpha value is -1.05. The van der Waals surface area contributed by atoms with Crippen LogP contribution in [-0.4, -0.2) is 11.1 Å². The molecule has 0 aromatic heterocycles. The Bertz CT molecular complexity index is 89.1. The van der Waals surface area contributed by atoms with Crippen molar-refractivity contribution in [2.24, 2.45) is 0 Å². The molecular weight excluding hydrogens is 116 g/mol. The van der Waals surface area contributed by atoms with E-state index < -0.39 is 5.97 Å². The first kappa shape index (κ1) is 10.8. The number of carboxylic acid groups (broad SMARTS) is 1. The zero-order chi connectivity index (χ0) is 7.70. The van der Waals surface area contributed by atoms with Crippen molar-refractivity contribution >= 4 is 5.97 Å². The van der Waals surface area contributed by atoms with Crippen molar-refractivity contribution in [2.75, 3.05) is 0 Å². The largest absolute Gasteiger partial charge is 0.481 e. The molecule has 2 heteroatoms. The molecule has 0 saturated heterocycles. The lowest BCUT2D eigenvalue weighted by atomic mass is 10.5. The van der Waals surface area contributed by atoms with Crippen molar-refractivity contribution < 1.29 is 9.90 Å². The molecule has 0 rings (SSSR count). The molecule has 0 unspecified atom stereocenters. The van der Waals surface area contributed by atoms with Gasteiger partial charge in [0, 0.05) is 6.42 Å². The molecule has 0 aliphatic heterocycles. The molecular formula is C7H12O2. The van der Waals surface area contributed by atoms with Gasteiger partial charge in [-0.05, 0) is 0 Å². The molecule has 0 atom stereocenters. The number of hydrogen-bond acceptors (Lipinski definition) is 1. The smallest absolute Gasteiger partial charge is 0.303 e. The van der Waals surface area contributed by atoms with Crippen LogP contribution in [-0.2, 0) is 4.79 Å². The standard InChI is InChI=1S/C4H6.C3H6O2/c1-3-4-2;1-2-3(4)5/h3-4H,1-2H2;2H2,1H3,(H,4,5). The van der Waals surface area contributed by atoms with Gasteiger partial charge in [0.2, 0.25) is 0 Å². The van der Waals surface area contributed by atoms with E-state index in [1.807, 2.05) is 0 Å². The van der Waals surface area contributed by atoms with E-state index in [4.69, 9.17) is 5.11 Å². The fourth-order valence-corrected chi connectivity index (χ4v) is 0. The average Bonchev–Trinajstić information content (AvgIpc) is 1.89. The van der Waals surface area contributed by atoms with E-state index in [1.165, 1.54) is 0 Å². The molecule has 1 N–H and O–H groups in total. The summed E-state index contributed by atoms with van der Waals surface area (Å²) in [5.41, 5.74) is 0. The highest BCUT2D eigenvalue weighted by Gasteiger charge is 1.80. The van der Waals surface area contributed by atoms with Gasteiger partial charge in [-0.2, -0.15) is 0 Å². The van der Waals surface area contributed by atoms with Crippen LogP contribution in [0, 0.1) is 0 Å². The molecule has 0 amide bonds. The number of aliphatic carboxylic acids is 1. The van der Waals surface area contributed by atoms with Crippen LogP contribution in [0.5, 0.6) is 0 Å². The second-order valence-corrected chi connectivity index (χ2v) is 1.22. The Morgan fingerprint density at radius 2 is 1.78 bits per heavy atom. The van der Waals surface area contributed by atoms with Crippen LogP contribution < -0.4 is 0 Å². The Balaban J connectivity index is 0. The van der Waals surface area contributed by atoms with Gasteiger partial charge in [-0.3, -0.25) is 4.79 Å². The highest BCUT2D eigenvalue weighted by molar-refractivity contribution is 5.66. The summed E-state index contributed by atoms with van der Waals surface area (Å²) in [4.78, 5) is 9.37. The summed E-state index contributed by atoms with van der Waals surface area (Å²) in [6, 6.07) is 0. The van der Waals surface area contributed by atoms with Crippen molar-refractivity contribution in [1.29, 1.82) is 0 Å². The van der Waals surface area contributed by atoms with E-state index in [1.54, 1.807) is 19.1 Å². The molecule has 0 spiro atoms. The van der Waals surface area contributed by atoms with Crippen LogP contribution in [0.1, 0.15) is 13.3 Å². The molecule has 52 valence electrons. The van der Waals surface area contributed by atoms with E-state index in [9.17, 15) is 4.79 Å². The molecule has 0 bridgehead atoms. The Labute approximate surface area is 55.5 Å². The Kier molecular flexibility index (Phi) is 12.1. The highest BCUT2D eigenvalue weighted by Crippen LogP contribution is 1.67. The first-order valence-corrected chi connectivity index (χ1v) is 2.64. The molecule has 0 heterocycles. The Morgan fingerprint density at radius 3 is 1.78 bits per heavy atom. The average molecular weight is 128 g/mol. The SMILES string of the molecule is C=CC=C.CCC(=O)O. The van der Waals surface area contributed by atoms with Crippen molar-refractivity contribution in [2.45, 2.75) is 13.3 Å². The summed E-state index contributed by atoms with van der Waals surface area (Å²) in [5, 5.41) is 7.72. The third-order valence-corrected chi connectivity index (χ3v) is 0.469. The van der Waals surface area contributed by atoms with Gasteiger partial charge in [-0.15, -0.1) is 0 Å². The number of allylic oxidation sites excluding steroid dienone is 2. The highest BCUT2D eigenvalue weighted by atomic mass is 16.4. The maximum atomic E-state index is 9.37. The van der Waals surface area contributed by atoms with Crippen molar-refractivity contribution in [3.05, 3.63) is 25.3 Å². The first-order chi connectivity index (χ1) is 4.18. The van der Waals surface area contributed by atoms with Crippen LogP contribution in [0.15, 0.2) is 25.3 Å². The van der Waals surface area contributed by atoms with Gasteiger partial charge < -0.3 is 5.11 Å². The lowest BCUT2D eigenvalue weighted by Crippen LogP contribution is -1.86. The molecule has 0 aromatic carbocycles. The van der Waals surface area contributed by atoms with Gasteiger partial charge in [0.1, 0.15) is 0 Å². The van der Waals surface area contributed by atoms with E-state index >= 15 is 0 Å². The van der Waals surface area contributed by atoms with Crippen LogP contribution in [0.4, 0.5) is 0 Å². The predicted molar refractivity (Wildman–Crippen MR) is 38.3 cm³/mol. The van der Waals surface area contributed by atoms with Crippen molar-refractivity contribution in [1.82, 2.24) is 0 Å². The molecule has 0 saturated carbocycles. The van der Waals surface area contributed by atoms with Gasteiger partial charge in [0.05, 0.1) is 0 Å². The van der Waals surface area contributed by atoms with E-state index in [2.05, 4.69) is 13.2 Å². The summed E-state index contributed by atoms with van der Waals surface area (Å²) in [5.74, 6) is -0.745. The lowest BCUT2D eigenvalue weighted by molar-refractivity contribution is -0.136. The fraction of sp³-hybridized carbons (Fsp3) is 0.286. The number of carboxylic acids is 1. The number of rotatable bonds is 2. The van der Waals surface area contributed by atoms with Crippen LogP contribution >= 0.6 is 0 Å². The molecule has 0 aliphatic carbocycles. The van der Waals surface area contributed by atoms with Crippen molar-refractivity contribution in [3.8, 4) is 0 Å². The third-order valence-electron chi connectivity index (χ3n) is 0.469. The molecule has 0 aromatic rings. The van der Waals surface area contributed by atoms with E-state index in [0.29, 0.717) is 0 Å². The van der Waals surface area contributed by atoms with Crippen LogP contribution in [0.25, 0.3) is 0 Å². The summed E-state index contributed by atoms with van der Waals surface area (Å²) in [6.45, 7) is 8.32. The van der Waals surface area contributed by atoms with Crippen LogP contribution in [0.3, 0.4) is 0 Å². The second kappa shape index (κ2) is 10.0. The van der Waals surface area contributed by atoms with Crippen LogP contribution in [0.2, 0.25) is 0 Å². The predicted octanol–water partition coefficient (Wildman–Crippen LogP) is 1.84. The zero-order valence-electron chi connectivity index (χ0n) is 5.63. The number of carbonyl (C=O) groups is 1. The van der Waals surface area contributed by atoms with Gasteiger partial charge in [-0.1, -0.05) is 32.2 Å². The molecule has 0 fully saturated rings. The monoisotopic (exact) mass is 128 g/mol. The first-order valence-electron chi connectivity index (χ1n) is 2.64. The molecule has 9 heavy (non-hydrogen) atoms. The topological polar surface area (TPSA) is 37.3 Å². The third kappa shape index (κ3) is 44.8. The minimum Gasteiger partial charge on any atom is -0.481 e. The fourth-order valence-electron chi connectivity index (χ4n) is 0. The minimum absolute atomic E-state index is 0.222. The maximum absolute atomic E-state index is 9.37. The Morgan fingerprint density at radius 1 is 1.56 bits per heavy atom. The van der Waals surface area contributed by atoms with Crippen molar-refractivity contribution in [3.63, 3.8) is 0 Å². The molecule has 2 nitrogen and oxygen atoms in total. The molecule has 0 radical (unpaired) electrons. The second-order valence-electron chi connectivity index (χ2n) is 1.22. The zero-order valence-corrected chi connectivity index (χ0v) is 5.63. The molecule has 0 aliphatic rings. The van der Waals surface area contributed by atoms with Gasteiger partial charge in [-0.25, -0.2) is 0 Å². The van der Waals surface area contributed by atoms with Gasteiger partial charge in [0.15, 0.2) is 0 Å². The summed E-state index contributed by atoms with van der Waals surface area (Å²) >= 11 is 0. The lowest BCUT2D eigenvalue weighted by Gasteiger charge is -1.71. The number of hydrogen-bond donors (Lipinski definition) is 1. The van der Waals surface area contributed by atoms with E-state index in [0.717, 1.165) is 0 Å². The maximum Gasteiger partial charge on any atom is 0.303 e. The summed E-state index contributed by atoms with van der Waals surface area (Å²) < 4.78 is 0. The quantitative estimate of drug-likeness (QED) is 0.576. The van der Waals surface area contributed by atoms with Gasteiger partial charge >= 0.3 is 5.97 Å².